The van der Waals surface area contributed by atoms with E-state index < -0.39 is 0 Å². The van der Waals surface area contributed by atoms with Crippen molar-refractivity contribution in [1.82, 2.24) is 9.80 Å². The molecule has 1 fully saturated rings. The molecule has 33 heavy (non-hydrogen) atoms. The summed E-state index contributed by atoms with van der Waals surface area (Å²) < 4.78 is 10.3. The Morgan fingerprint density at radius 1 is 1.18 bits per heavy atom. The zero-order valence-corrected chi connectivity index (χ0v) is 20.5. The molecule has 0 spiro atoms. The topological polar surface area (TPSA) is 59.1 Å². The number of ether oxygens (including phenoxy) is 2. The first-order valence-electron chi connectivity index (χ1n) is 10.9. The maximum Gasteiger partial charge on any atom is 0.320 e. The molecule has 1 saturated heterocycles. The number of hydrogen-bond acceptors (Lipinski definition) is 6. The molecule has 0 atom stereocenters. The van der Waals surface area contributed by atoms with E-state index in [2.05, 4.69) is 0 Å². The number of morpholine rings is 1. The second kappa shape index (κ2) is 12.8. The minimum absolute atomic E-state index is 0.0131. The second-order valence-electron chi connectivity index (χ2n) is 7.68. The Morgan fingerprint density at radius 2 is 1.91 bits per heavy atom. The summed E-state index contributed by atoms with van der Waals surface area (Å²) >= 11 is 8.08. The fourth-order valence-corrected chi connectivity index (χ4v) is 4.47. The van der Waals surface area contributed by atoms with Crippen LogP contribution in [0.25, 0.3) is 6.08 Å². The molecule has 0 aromatic heterocycles. The van der Waals surface area contributed by atoms with Crippen molar-refractivity contribution in [3.63, 3.8) is 0 Å². The van der Waals surface area contributed by atoms with Crippen LogP contribution < -0.4 is 0 Å². The number of halogens is 1. The van der Waals surface area contributed by atoms with Gasteiger partial charge in [-0.15, -0.1) is 0 Å². The summed E-state index contributed by atoms with van der Waals surface area (Å²) in [6.07, 6.45) is 3.38. The van der Waals surface area contributed by atoms with Crippen LogP contribution in [0.5, 0.6) is 0 Å². The highest BCUT2D eigenvalue weighted by atomic mass is 35.5. The van der Waals surface area contributed by atoms with E-state index in [4.69, 9.17) is 21.1 Å². The molecule has 2 aromatic rings. The van der Waals surface area contributed by atoms with Gasteiger partial charge in [0.25, 0.3) is 0 Å². The molecule has 2 aromatic carbocycles. The van der Waals surface area contributed by atoms with Crippen molar-refractivity contribution in [2.24, 2.45) is 0 Å². The van der Waals surface area contributed by atoms with Gasteiger partial charge in [0.05, 0.1) is 31.4 Å². The van der Waals surface area contributed by atoms with Gasteiger partial charge in [0.15, 0.2) is 0 Å². The molecule has 0 N–H and O–H groups in total. The number of likely N-dealkylation sites (N-methyl/N-ethyl adjacent to an activating group) is 1. The minimum Gasteiger partial charge on any atom is -0.465 e. The summed E-state index contributed by atoms with van der Waals surface area (Å²) in [7, 11) is 1.89. The molecule has 6 nitrogen and oxygen atoms in total. The van der Waals surface area contributed by atoms with Crippen LogP contribution in [-0.4, -0.2) is 68.2 Å². The molecule has 0 radical (unpaired) electrons. The molecule has 0 saturated carbocycles. The summed E-state index contributed by atoms with van der Waals surface area (Å²) in [5.74, 6) is -0.230. The smallest absolute Gasteiger partial charge is 0.320 e. The van der Waals surface area contributed by atoms with Crippen molar-refractivity contribution in [2.75, 3.05) is 46.5 Å². The Labute approximate surface area is 204 Å². The van der Waals surface area contributed by atoms with Crippen LogP contribution in [-0.2, 0) is 25.6 Å². The van der Waals surface area contributed by atoms with E-state index in [1.807, 2.05) is 54.4 Å². The molecule has 1 amide bonds. The third-order valence-corrected chi connectivity index (χ3v) is 6.51. The van der Waals surface area contributed by atoms with Crippen molar-refractivity contribution >= 4 is 41.3 Å². The molecule has 0 aliphatic carbocycles. The number of amides is 1. The van der Waals surface area contributed by atoms with E-state index in [0.717, 1.165) is 20.9 Å². The molecule has 1 aliphatic rings. The predicted octanol–water partition coefficient (Wildman–Crippen LogP) is 4.36. The molecule has 176 valence electrons. The fraction of sp³-hybridized carbons (Fsp3) is 0.360. The Hall–Kier alpha value is -2.32. The number of benzene rings is 2. The van der Waals surface area contributed by atoms with Crippen molar-refractivity contribution in [1.29, 1.82) is 0 Å². The first-order chi connectivity index (χ1) is 15.9. The normalized spacial score (nSPS) is 14.1. The molecule has 8 heteroatoms. The molecule has 0 unspecified atom stereocenters. The Kier molecular flexibility index (Phi) is 9.81. The maximum atomic E-state index is 12.3. The molecular weight excluding hydrogens is 460 g/mol. The van der Waals surface area contributed by atoms with Gasteiger partial charge in [-0.3, -0.25) is 14.5 Å². The van der Waals surface area contributed by atoms with Crippen LogP contribution in [0.1, 0.15) is 18.1 Å². The lowest BCUT2D eigenvalue weighted by atomic mass is 10.2. The highest BCUT2D eigenvalue weighted by Gasteiger charge is 2.14. The highest BCUT2D eigenvalue weighted by molar-refractivity contribution is 7.99. The zero-order chi connectivity index (χ0) is 23.6. The van der Waals surface area contributed by atoms with Crippen LogP contribution in [0, 0.1) is 0 Å². The van der Waals surface area contributed by atoms with Gasteiger partial charge in [-0.1, -0.05) is 41.6 Å². The summed E-state index contributed by atoms with van der Waals surface area (Å²) in [6.45, 7) is 5.54. The van der Waals surface area contributed by atoms with E-state index in [1.165, 1.54) is 0 Å². The van der Waals surface area contributed by atoms with Crippen LogP contribution >= 0.6 is 23.4 Å². The third kappa shape index (κ3) is 8.19. The summed E-state index contributed by atoms with van der Waals surface area (Å²) in [6, 6.07) is 14.0. The molecule has 3 rings (SSSR count). The summed E-state index contributed by atoms with van der Waals surface area (Å²) in [5.41, 5.74) is 1.99. The van der Waals surface area contributed by atoms with E-state index >= 15 is 0 Å². The lowest BCUT2D eigenvalue weighted by Crippen LogP contribution is -2.39. The van der Waals surface area contributed by atoms with Gasteiger partial charge in [0, 0.05) is 35.5 Å². The minimum atomic E-state index is -0.217. The molecule has 1 heterocycles. The SMILES string of the molecule is CCOC(=O)CN(C)Cc1ccc(Sc2ccc(/C=C/C(=O)N3CCOCC3)cc2Cl)cc1. The number of carbonyl (C=O) groups is 2. The number of esters is 1. The van der Waals surface area contributed by atoms with Crippen molar-refractivity contribution in [3.05, 3.63) is 64.7 Å². The first kappa shape index (κ1) is 25.3. The summed E-state index contributed by atoms with van der Waals surface area (Å²) in [4.78, 5) is 29.6. The van der Waals surface area contributed by atoms with Gasteiger partial charge in [0.2, 0.25) is 5.91 Å². The number of carbonyl (C=O) groups excluding carboxylic acids is 2. The van der Waals surface area contributed by atoms with E-state index in [1.54, 1.807) is 35.7 Å². The first-order valence-corrected chi connectivity index (χ1v) is 12.1. The lowest BCUT2D eigenvalue weighted by molar-refractivity contribution is -0.144. The number of hydrogen-bond donors (Lipinski definition) is 0. The van der Waals surface area contributed by atoms with Crippen LogP contribution in [0.4, 0.5) is 0 Å². The monoisotopic (exact) mass is 488 g/mol. The van der Waals surface area contributed by atoms with Crippen LogP contribution in [0.15, 0.2) is 58.3 Å². The average molecular weight is 489 g/mol. The van der Waals surface area contributed by atoms with Gasteiger partial charge in [-0.25, -0.2) is 0 Å². The van der Waals surface area contributed by atoms with E-state index in [0.29, 0.717) is 44.5 Å². The second-order valence-corrected chi connectivity index (χ2v) is 9.21. The van der Waals surface area contributed by atoms with Gasteiger partial charge < -0.3 is 14.4 Å². The quantitative estimate of drug-likeness (QED) is 0.386. The van der Waals surface area contributed by atoms with Crippen molar-refractivity contribution < 1.29 is 19.1 Å². The Bertz CT molecular complexity index is 975. The van der Waals surface area contributed by atoms with E-state index in [-0.39, 0.29) is 18.4 Å². The third-order valence-electron chi connectivity index (χ3n) is 5.01. The van der Waals surface area contributed by atoms with Crippen LogP contribution in [0.3, 0.4) is 0 Å². The average Bonchev–Trinajstić information content (AvgIpc) is 2.81. The lowest BCUT2D eigenvalue weighted by Gasteiger charge is -2.25. The van der Waals surface area contributed by atoms with Gasteiger partial charge in [0.1, 0.15) is 0 Å². The largest absolute Gasteiger partial charge is 0.465 e. The van der Waals surface area contributed by atoms with Gasteiger partial charge in [-0.2, -0.15) is 0 Å². The Morgan fingerprint density at radius 3 is 2.58 bits per heavy atom. The zero-order valence-electron chi connectivity index (χ0n) is 19.0. The van der Waals surface area contributed by atoms with Gasteiger partial charge >= 0.3 is 5.97 Å². The predicted molar refractivity (Wildman–Crippen MR) is 131 cm³/mol. The number of rotatable bonds is 9. The van der Waals surface area contributed by atoms with Crippen LogP contribution in [0.2, 0.25) is 5.02 Å². The molecule has 0 bridgehead atoms. The van der Waals surface area contributed by atoms with Crippen molar-refractivity contribution in [2.45, 2.75) is 23.3 Å². The number of nitrogens with zero attached hydrogens (tertiary/aromatic N) is 2. The molecular formula is C25H29ClN2O4S. The van der Waals surface area contributed by atoms with Gasteiger partial charge in [-0.05, 0) is 55.4 Å². The highest BCUT2D eigenvalue weighted by Crippen LogP contribution is 2.34. The molecule has 1 aliphatic heterocycles. The standard InChI is InChI=1S/C25H29ClN2O4S/c1-3-32-25(30)18-27(2)17-20-4-8-21(9-5-20)33-23-10-6-19(16-22(23)26)7-11-24(29)28-12-14-31-15-13-28/h4-11,16H,3,12-15,17-18H2,1-2H3/b11-7+. The Balaban J connectivity index is 1.54. The van der Waals surface area contributed by atoms with E-state index in [9.17, 15) is 9.59 Å². The summed E-state index contributed by atoms with van der Waals surface area (Å²) in [5, 5.41) is 0.638. The van der Waals surface area contributed by atoms with Crippen molar-refractivity contribution in [3.8, 4) is 0 Å². The maximum absolute atomic E-state index is 12.3. The fourth-order valence-electron chi connectivity index (χ4n) is 3.34.